The Kier molecular flexibility index (Phi) is 2.65. The third-order valence-electron chi connectivity index (χ3n) is 3.30. The minimum absolute atomic E-state index is 0.0566. The van der Waals surface area contributed by atoms with Gasteiger partial charge in [-0.15, -0.1) is 0 Å². The second-order valence-corrected chi connectivity index (χ2v) is 5.47. The number of morpholine rings is 1. The summed E-state index contributed by atoms with van der Waals surface area (Å²) < 4.78 is 6.04. The van der Waals surface area contributed by atoms with Crippen LogP contribution in [-0.2, 0) is 11.8 Å². The molecule has 0 bridgehead atoms. The van der Waals surface area contributed by atoms with Crippen molar-refractivity contribution in [1.82, 2.24) is 20.3 Å². The molecule has 2 aliphatic heterocycles. The SMILES string of the molecule is Cn1ncc(C2NCCOC23CCSC3)n1. The lowest BCUT2D eigenvalue weighted by atomic mass is 9.90. The van der Waals surface area contributed by atoms with E-state index in [1.54, 1.807) is 4.80 Å². The highest BCUT2D eigenvalue weighted by Gasteiger charge is 2.46. The highest BCUT2D eigenvalue weighted by Crippen LogP contribution is 2.41. The monoisotopic (exact) mass is 240 g/mol. The van der Waals surface area contributed by atoms with Crippen molar-refractivity contribution in [1.29, 1.82) is 0 Å². The van der Waals surface area contributed by atoms with Gasteiger partial charge in [0.25, 0.3) is 0 Å². The van der Waals surface area contributed by atoms with Crippen LogP contribution < -0.4 is 5.32 Å². The van der Waals surface area contributed by atoms with Crippen molar-refractivity contribution in [2.45, 2.75) is 18.1 Å². The number of nitrogens with one attached hydrogen (secondary N) is 1. The standard InChI is InChI=1S/C10H16N4OS/c1-14-12-6-8(13-14)9-10(2-5-16-7-10)15-4-3-11-9/h6,9,11H,2-5,7H2,1H3. The third-order valence-corrected chi connectivity index (χ3v) is 4.48. The Morgan fingerprint density at radius 2 is 2.62 bits per heavy atom. The number of hydrogen-bond donors (Lipinski definition) is 1. The Hall–Kier alpha value is -0.590. The molecule has 0 saturated carbocycles. The lowest BCUT2D eigenvalue weighted by molar-refractivity contribution is -0.0807. The minimum atomic E-state index is -0.0566. The van der Waals surface area contributed by atoms with E-state index in [0.717, 1.165) is 31.0 Å². The van der Waals surface area contributed by atoms with Gasteiger partial charge >= 0.3 is 0 Å². The van der Waals surface area contributed by atoms with E-state index >= 15 is 0 Å². The summed E-state index contributed by atoms with van der Waals surface area (Å²) in [5.41, 5.74) is 0.948. The molecular weight excluding hydrogens is 224 g/mol. The van der Waals surface area contributed by atoms with Gasteiger partial charge in [-0.2, -0.15) is 26.8 Å². The van der Waals surface area contributed by atoms with Gasteiger partial charge in [-0.1, -0.05) is 0 Å². The van der Waals surface area contributed by atoms with Crippen LogP contribution in [0.15, 0.2) is 6.20 Å². The van der Waals surface area contributed by atoms with Gasteiger partial charge in [0.2, 0.25) is 0 Å². The molecule has 0 aliphatic carbocycles. The molecule has 0 amide bonds. The fraction of sp³-hybridized carbons (Fsp3) is 0.800. The molecule has 6 heteroatoms. The van der Waals surface area contributed by atoms with Gasteiger partial charge in [-0.05, 0) is 12.2 Å². The fourth-order valence-corrected chi connectivity index (χ4v) is 3.87. The minimum Gasteiger partial charge on any atom is -0.371 e. The van der Waals surface area contributed by atoms with Crippen molar-refractivity contribution in [2.24, 2.45) is 7.05 Å². The summed E-state index contributed by atoms with van der Waals surface area (Å²) in [5, 5.41) is 12.1. The van der Waals surface area contributed by atoms with Crippen LogP contribution in [0.25, 0.3) is 0 Å². The van der Waals surface area contributed by atoms with Gasteiger partial charge in [0.15, 0.2) is 0 Å². The molecule has 2 atom stereocenters. The summed E-state index contributed by atoms with van der Waals surface area (Å²) in [6, 6.07) is 0.199. The zero-order valence-corrected chi connectivity index (χ0v) is 10.2. The van der Waals surface area contributed by atoms with E-state index in [2.05, 4.69) is 15.5 Å². The lowest BCUT2D eigenvalue weighted by Crippen LogP contribution is -2.52. The van der Waals surface area contributed by atoms with Crippen LogP contribution in [-0.4, -0.2) is 45.3 Å². The van der Waals surface area contributed by atoms with Crippen LogP contribution in [0.3, 0.4) is 0 Å². The number of aromatic nitrogens is 3. The molecule has 88 valence electrons. The first-order valence-corrected chi connectivity index (χ1v) is 6.77. The van der Waals surface area contributed by atoms with Crippen LogP contribution in [0, 0.1) is 0 Å². The molecule has 5 nitrogen and oxygen atoms in total. The number of rotatable bonds is 1. The summed E-state index contributed by atoms with van der Waals surface area (Å²) >= 11 is 1.96. The molecule has 2 aliphatic rings. The van der Waals surface area contributed by atoms with E-state index < -0.39 is 0 Å². The number of hydrogen-bond acceptors (Lipinski definition) is 5. The lowest BCUT2D eigenvalue weighted by Gasteiger charge is -2.40. The molecule has 2 unspecified atom stereocenters. The van der Waals surface area contributed by atoms with Gasteiger partial charge in [0.1, 0.15) is 5.69 Å². The maximum absolute atomic E-state index is 6.04. The van der Waals surface area contributed by atoms with Gasteiger partial charge in [0.05, 0.1) is 24.4 Å². The van der Waals surface area contributed by atoms with Crippen molar-refractivity contribution >= 4 is 11.8 Å². The van der Waals surface area contributed by atoms with E-state index in [1.165, 1.54) is 5.75 Å². The predicted molar refractivity (Wildman–Crippen MR) is 62.4 cm³/mol. The molecule has 2 saturated heterocycles. The molecule has 1 aromatic rings. The average Bonchev–Trinajstić information content (AvgIpc) is 2.90. The Morgan fingerprint density at radius 1 is 1.69 bits per heavy atom. The zero-order valence-electron chi connectivity index (χ0n) is 9.35. The summed E-state index contributed by atoms with van der Waals surface area (Å²) in [6.07, 6.45) is 2.95. The maximum atomic E-state index is 6.04. The van der Waals surface area contributed by atoms with Crippen molar-refractivity contribution in [2.75, 3.05) is 24.7 Å². The van der Waals surface area contributed by atoms with Crippen LogP contribution in [0.1, 0.15) is 18.2 Å². The second kappa shape index (κ2) is 4.01. The molecule has 1 spiro atoms. The first-order chi connectivity index (χ1) is 7.80. The van der Waals surface area contributed by atoms with Gasteiger partial charge in [-0.3, -0.25) is 0 Å². The van der Waals surface area contributed by atoms with Gasteiger partial charge < -0.3 is 10.1 Å². The molecule has 1 N–H and O–H groups in total. The van der Waals surface area contributed by atoms with Crippen LogP contribution >= 0.6 is 11.8 Å². The summed E-state index contributed by atoms with van der Waals surface area (Å²) in [7, 11) is 1.85. The maximum Gasteiger partial charge on any atom is 0.103 e. The van der Waals surface area contributed by atoms with E-state index in [-0.39, 0.29) is 11.6 Å². The molecule has 3 heterocycles. The molecule has 1 aromatic heterocycles. The Morgan fingerprint density at radius 3 is 3.31 bits per heavy atom. The largest absolute Gasteiger partial charge is 0.371 e. The van der Waals surface area contributed by atoms with Gasteiger partial charge in [0, 0.05) is 19.3 Å². The number of ether oxygens (including phenoxy) is 1. The normalized spacial score (nSPS) is 34.7. The molecule has 16 heavy (non-hydrogen) atoms. The number of aryl methyl sites for hydroxylation is 1. The first-order valence-electron chi connectivity index (χ1n) is 5.61. The predicted octanol–water partition coefficient (Wildman–Crippen LogP) is 0.352. The van der Waals surface area contributed by atoms with Crippen LogP contribution in [0.2, 0.25) is 0 Å². The molecule has 3 rings (SSSR count). The van der Waals surface area contributed by atoms with Crippen molar-refractivity contribution in [3.63, 3.8) is 0 Å². The van der Waals surface area contributed by atoms with E-state index in [0.29, 0.717) is 0 Å². The van der Waals surface area contributed by atoms with E-state index in [9.17, 15) is 0 Å². The molecule has 0 radical (unpaired) electrons. The Bertz CT molecular complexity index is 375. The quantitative estimate of drug-likeness (QED) is 0.768. The third kappa shape index (κ3) is 1.65. The Balaban J connectivity index is 1.91. The van der Waals surface area contributed by atoms with Crippen molar-refractivity contribution < 1.29 is 4.74 Å². The van der Waals surface area contributed by atoms with Crippen molar-refractivity contribution in [3.8, 4) is 0 Å². The highest BCUT2D eigenvalue weighted by atomic mass is 32.2. The fourth-order valence-electron chi connectivity index (χ4n) is 2.50. The Labute approximate surface area is 98.9 Å². The smallest absolute Gasteiger partial charge is 0.103 e. The topological polar surface area (TPSA) is 52.0 Å². The van der Waals surface area contributed by atoms with Gasteiger partial charge in [-0.25, -0.2) is 0 Å². The summed E-state index contributed by atoms with van der Waals surface area (Å²) in [5.74, 6) is 2.24. The van der Waals surface area contributed by atoms with E-state index in [1.807, 2.05) is 25.0 Å². The molecular formula is C10H16N4OS. The summed E-state index contributed by atoms with van der Waals surface area (Å²) in [6.45, 7) is 1.70. The van der Waals surface area contributed by atoms with Crippen molar-refractivity contribution in [3.05, 3.63) is 11.9 Å². The van der Waals surface area contributed by atoms with E-state index in [4.69, 9.17) is 4.74 Å². The number of nitrogens with zero attached hydrogens (tertiary/aromatic N) is 3. The van der Waals surface area contributed by atoms with Crippen LogP contribution in [0.5, 0.6) is 0 Å². The molecule has 0 aromatic carbocycles. The van der Waals surface area contributed by atoms with Crippen LogP contribution in [0.4, 0.5) is 0 Å². The highest BCUT2D eigenvalue weighted by molar-refractivity contribution is 7.99. The average molecular weight is 240 g/mol. The zero-order chi connectivity index (χ0) is 11.0. The second-order valence-electron chi connectivity index (χ2n) is 4.36. The first kappa shape index (κ1) is 10.6. The molecule has 2 fully saturated rings. The number of thioether (sulfide) groups is 1. The summed E-state index contributed by atoms with van der Waals surface area (Å²) in [4.78, 5) is 1.61.